The number of aromatic nitrogens is 3. The number of piperazine rings is 1. The maximum absolute atomic E-state index is 12.7. The number of hydrogen-bond donors (Lipinski definition) is 1. The molecule has 1 unspecified atom stereocenters. The van der Waals surface area contributed by atoms with Crippen LogP contribution in [0.3, 0.4) is 0 Å². The van der Waals surface area contributed by atoms with Gasteiger partial charge in [-0.25, -0.2) is 14.5 Å². The lowest BCUT2D eigenvalue weighted by Gasteiger charge is -2.35. The summed E-state index contributed by atoms with van der Waals surface area (Å²) in [4.78, 5) is 32.9. The van der Waals surface area contributed by atoms with Crippen LogP contribution in [-0.2, 0) is 9.53 Å². The van der Waals surface area contributed by atoms with E-state index in [2.05, 4.69) is 15.4 Å². The first kappa shape index (κ1) is 17.5. The van der Waals surface area contributed by atoms with Crippen molar-refractivity contribution in [2.24, 2.45) is 0 Å². The van der Waals surface area contributed by atoms with Gasteiger partial charge in [-0.15, -0.1) is 0 Å². The van der Waals surface area contributed by atoms with E-state index in [0.29, 0.717) is 44.3 Å². The second-order valence-corrected chi connectivity index (χ2v) is 6.57. The molecule has 0 bridgehead atoms. The molecule has 2 aliphatic rings. The summed E-state index contributed by atoms with van der Waals surface area (Å²) in [6, 6.07) is 5.14. The number of hydrogen-bond acceptors (Lipinski definition) is 5. The topological polar surface area (TPSA) is 92.6 Å². The summed E-state index contributed by atoms with van der Waals surface area (Å²) in [5, 5.41) is 7.07. The Balaban J connectivity index is 1.36. The number of nitrogens with one attached hydrogen (secondary N) is 1. The molecular weight excluding hydrogens is 348 g/mol. The van der Waals surface area contributed by atoms with Crippen LogP contribution < -0.4 is 5.32 Å². The number of amides is 3. The van der Waals surface area contributed by atoms with E-state index in [1.54, 1.807) is 51.3 Å². The van der Waals surface area contributed by atoms with Crippen LogP contribution in [0.25, 0.3) is 5.82 Å². The van der Waals surface area contributed by atoms with Crippen molar-refractivity contribution in [3.8, 4) is 5.82 Å². The van der Waals surface area contributed by atoms with E-state index in [1.807, 2.05) is 0 Å². The summed E-state index contributed by atoms with van der Waals surface area (Å²) in [6.45, 7) is 2.67. The molecule has 9 nitrogen and oxygen atoms in total. The van der Waals surface area contributed by atoms with Crippen LogP contribution in [0.1, 0.15) is 12.8 Å². The van der Waals surface area contributed by atoms with Crippen LogP contribution in [0, 0.1) is 0 Å². The number of pyridine rings is 1. The van der Waals surface area contributed by atoms with Gasteiger partial charge in [-0.1, -0.05) is 0 Å². The fraction of sp³-hybridized carbons (Fsp3) is 0.444. The molecule has 0 aliphatic carbocycles. The summed E-state index contributed by atoms with van der Waals surface area (Å²) < 4.78 is 7.08. The van der Waals surface area contributed by atoms with Gasteiger partial charge in [-0.2, -0.15) is 5.10 Å². The lowest BCUT2D eigenvalue weighted by molar-refractivity contribution is -0.142. The highest BCUT2D eigenvalue weighted by molar-refractivity contribution is 5.91. The van der Waals surface area contributed by atoms with Crippen molar-refractivity contribution in [1.29, 1.82) is 0 Å². The fourth-order valence-electron chi connectivity index (χ4n) is 3.37. The number of anilines is 1. The largest absolute Gasteiger partial charge is 0.368 e. The van der Waals surface area contributed by atoms with Crippen molar-refractivity contribution < 1.29 is 14.3 Å². The van der Waals surface area contributed by atoms with Gasteiger partial charge in [0.25, 0.3) is 5.91 Å². The zero-order valence-electron chi connectivity index (χ0n) is 15.0. The molecule has 1 N–H and O–H groups in total. The molecule has 9 heteroatoms. The molecule has 4 heterocycles. The number of ether oxygens (including phenoxy) is 1. The molecular formula is C18H22N6O3. The molecule has 2 saturated heterocycles. The number of rotatable bonds is 3. The molecule has 0 saturated carbocycles. The van der Waals surface area contributed by atoms with Crippen LogP contribution in [-0.4, -0.2) is 75.4 Å². The first-order valence-electron chi connectivity index (χ1n) is 9.14. The molecule has 1 atom stereocenters. The van der Waals surface area contributed by atoms with Gasteiger partial charge in [0.05, 0.1) is 5.69 Å². The molecule has 142 valence electrons. The second kappa shape index (κ2) is 7.75. The first-order chi connectivity index (χ1) is 13.2. The third-order valence-corrected chi connectivity index (χ3v) is 4.83. The third kappa shape index (κ3) is 3.77. The van der Waals surface area contributed by atoms with E-state index in [1.165, 1.54) is 0 Å². The number of nitrogens with zero attached hydrogens (tertiary/aromatic N) is 5. The van der Waals surface area contributed by atoms with Crippen LogP contribution in [0.15, 0.2) is 36.8 Å². The number of carbonyl (C=O) groups excluding carboxylic acids is 2. The molecule has 2 aromatic rings. The Morgan fingerprint density at radius 1 is 1.11 bits per heavy atom. The Bertz CT molecular complexity index is 795. The van der Waals surface area contributed by atoms with Crippen molar-refractivity contribution in [3.63, 3.8) is 0 Å². The predicted octanol–water partition coefficient (Wildman–Crippen LogP) is 1.12. The molecule has 3 amide bonds. The zero-order chi connectivity index (χ0) is 18.6. The van der Waals surface area contributed by atoms with Crippen molar-refractivity contribution in [1.82, 2.24) is 24.6 Å². The maximum Gasteiger partial charge on any atom is 0.322 e. The van der Waals surface area contributed by atoms with Crippen molar-refractivity contribution >= 4 is 17.6 Å². The van der Waals surface area contributed by atoms with Gasteiger partial charge in [-0.05, 0) is 31.0 Å². The molecule has 2 aromatic heterocycles. The molecule has 0 radical (unpaired) electrons. The Morgan fingerprint density at radius 3 is 2.63 bits per heavy atom. The molecule has 4 rings (SSSR count). The van der Waals surface area contributed by atoms with Crippen LogP contribution in [0.2, 0.25) is 0 Å². The minimum Gasteiger partial charge on any atom is -0.368 e. The third-order valence-electron chi connectivity index (χ3n) is 4.83. The molecule has 2 fully saturated rings. The lowest BCUT2D eigenvalue weighted by Crippen LogP contribution is -2.53. The molecule has 0 spiro atoms. The van der Waals surface area contributed by atoms with Crippen molar-refractivity contribution in [2.45, 2.75) is 18.9 Å². The van der Waals surface area contributed by atoms with Gasteiger partial charge in [0.15, 0.2) is 5.82 Å². The minimum absolute atomic E-state index is 0.0424. The average molecular weight is 370 g/mol. The summed E-state index contributed by atoms with van der Waals surface area (Å²) in [6.07, 6.45) is 6.50. The Labute approximate surface area is 156 Å². The van der Waals surface area contributed by atoms with Crippen LogP contribution >= 0.6 is 0 Å². The van der Waals surface area contributed by atoms with Gasteiger partial charge < -0.3 is 19.9 Å². The monoisotopic (exact) mass is 370 g/mol. The summed E-state index contributed by atoms with van der Waals surface area (Å²) in [5.74, 6) is 0.601. The van der Waals surface area contributed by atoms with Crippen LogP contribution in [0.5, 0.6) is 0 Å². The van der Waals surface area contributed by atoms with Crippen molar-refractivity contribution in [3.05, 3.63) is 36.8 Å². The number of urea groups is 1. The highest BCUT2D eigenvalue weighted by Gasteiger charge is 2.31. The van der Waals surface area contributed by atoms with Gasteiger partial charge in [-0.3, -0.25) is 4.79 Å². The molecule has 2 aliphatic heterocycles. The fourth-order valence-corrected chi connectivity index (χ4v) is 3.37. The predicted molar refractivity (Wildman–Crippen MR) is 97.5 cm³/mol. The van der Waals surface area contributed by atoms with E-state index in [9.17, 15) is 9.59 Å². The van der Waals surface area contributed by atoms with Crippen molar-refractivity contribution in [2.75, 3.05) is 38.1 Å². The normalized spacial score (nSPS) is 19.9. The second-order valence-electron chi connectivity index (χ2n) is 6.57. The van der Waals surface area contributed by atoms with Gasteiger partial charge in [0.1, 0.15) is 6.10 Å². The minimum atomic E-state index is -0.308. The first-order valence-corrected chi connectivity index (χ1v) is 9.14. The number of carbonyl (C=O) groups is 2. The summed E-state index contributed by atoms with van der Waals surface area (Å²) in [5.41, 5.74) is 0.587. The Hall–Kier alpha value is -2.94. The van der Waals surface area contributed by atoms with E-state index < -0.39 is 0 Å². The summed E-state index contributed by atoms with van der Waals surface area (Å²) >= 11 is 0. The molecule has 0 aromatic carbocycles. The lowest BCUT2D eigenvalue weighted by atomic mass is 10.2. The van der Waals surface area contributed by atoms with Crippen LogP contribution in [0.4, 0.5) is 10.5 Å². The molecule has 27 heavy (non-hydrogen) atoms. The smallest absolute Gasteiger partial charge is 0.322 e. The van der Waals surface area contributed by atoms with Gasteiger partial charge >= 0.3 is 6.03 Å². The van der Waals surface area contributed by atoms with E-state index in [4.69, 9.17) is 4.74 Å². The summed E-state index contributed by atoms with van der Waals surface area (Å²) in [7, 11) is 0. The quantitative estimate of drug-likeness (QED) is 0.874. The van der Waals surface area contributed by atoms with Gasteiger partial charge in [0, 0.05) is 51.4 Å². The zero-order valence-corrected chi connectivity index (χ0v) is 15.0. The van der Waals surface area contributed by atoms with E-state index in [0.717, 1.165) is 12.8 Å². The Kier molecular flexibility index (Phi) is 5.01. The Morgan fingerprint density at radius 2 is 1.93 bits per heavy atom. The van der Waals surface area contributed by atoms with E-state index in [-0.39, 0.29) is 18.0 Å². The highest BCUT2D eigenvalue weighted by Crippen LogP contribution is 2.18. The average Bonchev–Trinajstić information content (AvgIpc) is 3.42. The maximum atomic E-state index is 12.7. The van der Waals surface area contributed by atoms with E-state index >= 15 is 0 Å². The highest BCUT2D eigenvalue weighted by atomic mass is 16.5. The van der Waals surface area contributed by atoms with Gasteiger partial charge in [0.2, 0.25) is 0 Å². The standard InChI is InChI=1S/C18H22N6O3/c25-17(15-5-2-13-27-15)22-9-11-23(12-10-22)18(26)21-14-4-1-6-19-16(14)24-8-3-7-20-24/h1,3-4,6-8,15H,2,5,9-13H2,(H,21,26). The SMILES string of the molecule is O=C(Nc1cccnc1-n1cccn1)N1CCN(C(=O)C2CCCO2)CC1.